The first kappa shape index (κ1) is 16.4. The number of aromatic nitrogens is 4. The van der Waals surface area contributed by atoms with E-state index < -0.39 is 15.9 Å². The van der Waals surface area contributed by atoms with E-state index in [4.69, 9.17) is 0 Å². The van der Waals surface area contributed by atoms with E-state index in [1.165, 1.54) is 16.9 Å². The minimum atomic E-state index is -3.82. The number of aryl methyl sites for hydroxylation is 1. The monoisotopic (exact) mass is 369 g/mol. The SMILES string of the molecule is Cc1ccc(-c2nnn(CCN3C(=O)c4ccccc4S3(=O)=O)n2)cc1. The number of rotatable bonds is 4. The normalized spacial score (nSPS) is 15.3. The van der Waals surface area contributed by atoms with Gasteiger partial charge in [0.2, 0.25) is 5.82 Å². The maximum absolute atomic E-state index is 12.5. The van der Waals surface area contributed by atoms with Crippen molar-refractivity contribution in [2.45, 2.75) is 18.4 Å². The largest absolute Gasteiger partial charge is 0.269 e. The molecule has 1 aliphatic rings. The highest BCUT2D eigenvalue weighted by Crippen LogP contribution is 2.29. The number of fused-ring (bicyclic) bond motifs is 1. The number of benzene rings is 2. The van der Waals surface area contributed by atoms with Crippen molar-refractivity contribution in [1.29, 1.82) is 0 Å². The van der Waals surface area contributed by atoms with Crippen LogP contribution in [-0.2, 0) is 16.6 Å². The number of carbonyl (C=O) groups is 1. The first-order valence-corrected chi connectivity index (χ1v) is 9.42. The molecule has 0 radical (unpaired) electrons. The summed E-state index contributed by atoms with van der Waals surface area (Å²) in [5.41, 5.74) is 2.14. The van der Waals surface area contributed by atoms with Crippen molar-refractivity contribution in [3.63, 3.8) is 0 Å². The van der Waals surface area contributed by atoms with Crippen LogP contribution in [0.4, 0.5) is 0 Å². The van der Waals surface area contributed by atoms with Gasteiger partial charge < -0.3 is 0 Å². The third-order valence-electron chi connectivity index (χ3n) is 4.18. The Kier molecular flexibility index (Phi) is 3.80. The molecule has 132 valence electrons. The Labute approximate surface area is 150 Å². The van der Waals surface area contributed by atoms with Crippen LogP contribution in [0.3, 0.4) is 0 Å². The third-order valence-corrected chi connectivity index (χ3v) is 6.02. The molecule has 4 rings (SSSR count). The maximum Gasteiger partial charge on any atom is 0.269 e. The van der Waals surface area contributed by atoms with Crippen LogP contribution in [0.5, 0.6) is 0 Å². The quantitative estimate of drug-likeness (QED) is 0.691. The summed E-state index contributed by atoms with van der Waals surface area (Å²) in [6, 6.07) is 13.9. The number of carbonyl (C=O) groups excluding carboxylic acids is 1. The van der Waals surface area contributed by atoms with E-state index in [1.807, 2.05) is 31.2 Å². The smallest absolute Gasteiger partial charge is 0.268 e. The highest BCUT2D eigenvalue weighted by Gasteiger charge is 2.40. The average Bonchev–Trinajstić information content (AvgIpc) is 3.17. The predicted molar refractivity (Wildman–Crippen MR) is 92.7 cm³/mol. The highest BCUT2D eigenvalue weighted by molar-refractivity contribution is 7.90. The number of hydrogen-bond donors (Lipinski definition) is 0. The standard InChI is InChI=1S/C17H15N5O3S/c1-12-6-8-13(9-7-12)16-18-20-22(19-16)11-10-21-17(23)14-4-2-3-5-15(14)26(21,24)25/h2-9H,10-11H2,1H3. The van der Waals surface area contributed by atoms with Gasteiger partial charge in [0.1, 0.15) is 4.90 Å². The van der Waals surface area contributed by atoms with Crippen LogP contribution >= 0.6 is 0 Å². The zero-order chi connectivity index (χ0) is 18.3. The third kappa shape index (κ3) is 2.66. The van der Waals surface area contributed by atoms with Crippen molar-refractivity contribution in [2.75, 3.05) is 6.54 Å². The van der Waals surface area contributed by atoms with Crippen molar-refractivity contribution in [3.05, 3.63) is 59.7 Å². The van der Waals surface area contributed by atoms with Gasteiger partial charge in [-0.1, -0.05) is 42.0 Å². The Morgan fingerprint density at radius 2 is 1.73 bits per heavy atom. The van der Waals surface area contributed by atoms with Crippen LogP contribution in [0.25, 0.3) is 11.4 Å². The van der Waals surface area contributed by atoms with Gasteiger partial charge in [-0.25, -0.2) is 12.7 Å². The lowest BCUT2D eigenvalue weighted by Crippen LogP contribution is -2.33. The van der Waals surface area contributed by atoms with E-state index in [9.17, 15) is 13.2 Å². The first-order valence-electron chi connectivity index (χ1n) is 7.98. The van der Waals surface area contributed by atoms with E-state index in [2.05, 4.69) is 15.4 Å². The van der Waals surface area contributed by atoms with Gasteiger partial charge in [-0.05, 0) is 24.3 Å². The summed E-state index contributed by atoms with van der Waals surface area (Å²) in [5.74, 6) is -0.0802. The van der Waals surface area contributed by atoms with Gasteiger partial charge in [-0.2, -0.15) is 4.80 Å². The molecule has 26 heavy (non-hydrogen) atoms. The van der Waals surface area contributed by atoms with Crippen LogP contribution < -0.4 is 0 Å². The first-order chi connectivity index (χ1) is 12.5. The molecule has 0 saturated heterocycles. The zero-order valence-corrected chi connectivity index (χ0v) is 14.7. The number of nitrogens with zero attached hydrogens (tertiary/aromatic N) is 5. The number of tetrazole rings is 1. The fourth-order valence-electron chi connectivity index (χ4n) is 2.79. The number of hydrogen-bond acceptors (Lipinski definition) is 6. The van der Waals surface area contributed by atoms with Crippen molar-refractivity contribution in [1.82, 2.24) is 24.5 Å². The molecule has 8 nitrogen and oxygen atoms in total. The maximum atomic E-state index is 12.5. The molecular weight excluding hydrogens is 354 g/mol. The Morgan fingerprint density at radius 1 is 1.00 bits per heavy atom. The van der Waals surface area contributed by atoms with Crippen molar-refractivity contribution in [2.24, 2.45) is 0 Å². The van der Waals surface area contributed by atoms with E-state index >= 15 is 0 Å². The molecule has 1 aromatic heterocycles. The second kappa shape index (κ2) is 6.03. The Hall–Kier alpha value is -3.07. The van der Waals surface area contributed by atoms with Crippen molar-refractivity contribution < 1.29 is 13.2 Å². The minimum absolute atomic E-state index is 0.0388. The molecule has 2 aromatic carbocycles. The Balaban J connectivity index is 1.52. The van der Waals surface area contributed by atoms with E-state index in [0.717, 1.165) is 15.4 Å². The molecule has 1 aliphatic heterocycles. The molecule has 0 saturated carbocycles. The van der Waals surface area contributed by atoms with E-state index in [-0.39, 0.29) is 23.5 Å². The fourth-order valence-corrected chi connectivity index (χ4v) is 4.35. The van der Waals surface area contributed by atoms with Crippen LogP contribution in [0.2, 0.25) is 0 Å². The molecule has 0 N–H and O–H groups in total. The molecule has 9 heteroatoms. The highest BCUT2D eigenvalue weighted by atomic mass is 32.2. The van der Waals surface area contributed by atoms with Gasteiger partial charge in [-0.3, -0.25) is 4.79 Å². The molecule has 0 spiro atoms. The molecule has 0 atom stereocenters. The summed E-state index contributed by atoms with van der Waals surface area (Å²) in [7, 11) is -3.82. The predicted octanol–water partition coefficient (Wildman–Crippen LogP) is 1.49. The second-order valence-electron chi connectivity index (χ2n) is 5.95. The lowest BCUT2D eigenvalue weighted by Gasteiger charge is -2.13. The van der Waals surface area contributed by atoms with Crippen LogP contribution in [0, 0.1) is 6.92 Å². The lowest BCUT2D eigenvalue weighted by atomic mass is 10.1. The van der Waals surface area contributed by atoms with Crippen LogP contribution in [-0.4, -0.2) is 45.4 Å². The van der Waals surface area contributed by atoms with Crippen molar-refractivity contribution >= 4 is 15.9 Å². The van der Waals surface area contributed by atoms with Crippen molar-refractivity contribution in [3.8, 4) is 11.4 Å². The second-order valence-corrected chi connectivity index (χ2v) is 7.78. The van der Waals surface area contributed by atoms with Crippen LogP contribution in [0.15, 0.2) is 53.4 Å². The van der Waals surface area contributed by atoms with Crippen LogP contribution in [0.1, 0.15) is 15.9 Å². The minimum Gasteiger partial charge on any atom is -0.268 e. The zero-order valence-electron chi connectivity index (χ0n) is 13.9. The summed E-state index contributed by atoms with van der Waals surface area (Å²) >= 11 is 0. The molecule has 0 unspecified atom stereocenters. The number of sulfonamides is 1. The molecule has 3 aromatic rings. The average molecular weight is 369 g/mol. The van der Waals surface area contributed by atoms with Gasteiger partial charge in [-0.15, -0.1) is 10.2 Å². The Bertz CT molecular complexity index is 1090. The lowest BCUT2D eigenvalue weighted by molar-refractivity contribution is 0.0866. The van der Waals surface area contributed by atoms with E-state index in [1.54, 1.807) is 12.1 Å². The molecule has 0 bridgehead atoms. The van der Waals surface area contributed by atoms with Gasteiger partial charge in [0.25, 0.3) is 15.9 Å². The number of amides is 1. The molecule has 1 amide bonds. The van der Waals surface area contributed by atoms with Gasteiger partial charge >= 0.3 is 0 Å². The molecule has 0 aliphatic carbocycles. The summed E-state index contributed by atoms with van der Waals surface area (Å²) in [4.78, 5) is 13.7. The van der Waals surface area contributed by atoms with Gasteiger partial charge in [0.05, 0.1) is 18.7 Å². The summed E-state index contributed by atoms with van der Waals surface area (Å²) in [5, 5.41) is 12.2. The van der Waals surface area contributed by atoms with Gasteiger partial charge in [0.15, 0.2) is 0 Å². The molecule has 0 fully saturated rings. The van der Waals surface area contributed by atoms with E-state index in [0.29, 0.717) is 5.82 Å². The topological polar surface area (TPSA) is 98.0 Å². The Morgan fingerprint density at radius 3 is 2.46 bits per heavy atom. The summed E-state index contributed by atoms with van der Waals surface area (Å²) in [6.45, 7) is 2.05. The fraction of sp³-hybridized carbons (Fsp3) is 0.176. The summed E-state index contributed by atoms with van der Waals surface area (Å²) in [6.07, 6.45) is 0. The van der Waals surface area contributed by atoms with Gasteiger partial charge in [0, 0.05) is 5.56 Å². The molecule has 2 heterocycles. The summed E-state index contributed by atoms with van der Waals surface area (Å²) < 4.78 is 25.9. The molecular formula is C17H15N5O3S.